The van der Waals surface area contributed by atoms with Gasteiger partial charge in [0.1, 0.15) is 0 Å². The van der Waals surface area contributed by atoms with E-state index in [4.69, 9.17) is 4.43 Å². The van der Waals surface area contributed by atoms with Gasteiger partial charge in [0.15, 0.2) is 0 Å². The van der Waals surface area contributed by atoms with Crippen LogP contribution in [0.25, 0.3) is 0 Å². The third kappa shape index (κ3) is 3.77. The lowest BCUT2D eigenvalue weighted by Gasteiger charge is -2.59. The second-order valence-corrected chi connectivity index (χ2v) is 12.9. The maximum atomic E-state index is 7.07. The lowest BCUT2D eigenvalue weighted by atomic mass is 10.2. The Bertz CT molecular complexity index is 626. The van der Waals surface area contributed by atoms with Crippen molar-refractivity contribution >= 4 is 34.6 Å². The third-order valence-electron chi connectivity index (χ3n) is 5.08. The Labute approximate surface area is 161 Å². The first-order valence-electron chi connectivity index (χ1n) is 9.04. The zero-order chi connectivity index (χ0) is 17.9. The molecule has 0 atom stereocenters. The average Bonchev–Trinajstić information content (AvgIpc) is 2.57. The van der Waals surface area contributed by atoms with E-state index in [2.05, 4.69) is 102 Å². The number of halogens is 1. The second kappa shape index (κ2) is 7.75. The molecule has 2 nitrogen and oxygen atoms in total. The van der Waals surface area contributed by atoms with Gasteiger partial charge in [-0.25, -0.2) is 0 Å². The van der Waals surface area contributed by atoms with Gasteiger partial charge in [-0.2, -0.15) is 10.4 Å². The van der Waals surface area contributed by atoms with Crippen molar-refractivity contribution in [2.45, 2.75) is 31.9 Å². The molecular formula is C21H28BrNOSi-. The molecule has 0 amide bonds. The van der Waals surface area contributed by atoms with Crippen molar-refractivity contribution in [3.05, 3.63) is 60.7 Å². The summed E-state index contributed by atoms with van der Waals surface area (Å²) in [5.41, 5.74) is 0. The van der Waals surface area contributed by atoms with E-state index in [0.717, 1.165) is 25.0 Å². The van der Waals surface area contributed by atoms with Crippen LogP contribution in [0.2, 0.25) is 5.04 Å². The van der Waals surface area contributed by atoms with Crippen molar-refractivity contribution in [3.63, 3.8) is 0 Å². The summed E-state index contributed by atoms with van der Waals surface area (Å²) in [6.07, 6.45) is 0.324. The van der Waals surface area contributed by atoms with Gasteiger partial charge in [-0.05, 0) is 0 Å². The van der Waals surface area contributed by atoms with Crippen molar-refractivity contribution in [1.29, 1.82) is 0 Å². The Morgan fingerprint density at radius 1 is 0.960 bits per heavy atom. The largest absolute Gasteiger partial charge is 0.554 e. The Morgan fingerprint density at radius 2 is 1.44 bits per heavy atom. The van der Waals surface area contributed by atoms with Gasteiger partial charge < -0.3 is 4.43 Å². The van der Waals surface area contributed by atoms with Gasteiger partial charge in [0.05, 0.1) is 8.32 Å². The first-order chi connectivity index (χ1) is 12.0. The molecule has 0 saturated carbocycles. The summed E-state index contributed by atoms with van der Waals surface area (Å²) in [6.45, 7) is 10.2. The number of hydrogen-bond donors (Lipinski definition) is 0. The Hall–Kier alpha value is -0.943. The normalized spacial score (nSPS) is 16.6. The minimum Gasteiger partial charge on any atom is -0.554 e. The second-order valence-electron chi connectivity index (χ2n) is 7.85. The number of rotatable bonds is 6. The summed E-state index contributed by atoms with van der Waals surface area (Å²) < 4.78 is 7.07. The third-order valence-corrected chi connectivity index (χ3v) is 10.5. The SMILES string of the molecule is CC(C)(C)[Si-](OC1CN(CCBr)C1)(c1ccccc1)c1ccccc1. The molecule has 1 saturated heterocycles. The summed E-state index contributed by atoms with van der Waals surface area (Å²) in [6, 6.07) is 21.8. The predicted octanol–water partition coefficient (Wildman–Crippen LogP) is 3.64. The molecule has 1 aliphatic heterocycles. The molecule has 135 valence electrons. The van der Waals surface area contributed by atoms with Gasteiger partial charge in [-0.15, -0.1) is 5.04 Å². The minimum atomic E-state index is -2.37. The van der Waals surface area contributed by atoms with E-state index in [9.17, 15) is 0 Å². The van der Waals surface area contributed by atoms with Crippen LogP contribution in [-0.4, -0.2) is 44.3 Å². The molecule has 2 aromatic carbocycles. The molecule has 1 aliphatic rings. The Kier molecular flexibility index (Phi) is 5.84. The lowest BCUT2D eigenvalue weighted by molar-refractivity contribution is 0.0180. The lowest BCUT2D eigenvalue weighted by Crippen LogP contribution is -2.70. The molecule has 1 fully saturated rings. The molecule has 0 bridgehead atoms. The summed E-state index contributed by atoms with van der Waals surface area (Å²) in [4.78, 5) is 2.46. The van der Waals surface area contributed by atoms with Crippen LogP contribution < -0.4 is 10.4 Å². The molecule has 1 heterocycles. The molecule has 25 heavy (non-hydrogen) atoms. The number of alkyl halides is 1. The maximum Gasteiger partial charge on any atom is 0.0512 e. The first-order valence-corrected chi connectivity index (χ1v) is 12.1. The molecule has 0 spiro atoms. The van der Waals surface area contributed by atoms with E-state index < -0.39 is 8.32 Å². The van der Waals surface area contributed by atoms with Gasteiger partial charge in [0.25, 0.3) is 0 Å². The highest BCUT2D eigenvalue weighted by atomic mass is 79.9. The van der Waals surface area contributed by atoms with Gasteiger partial charge in [0.2, 0.25) is 0 Å². The fraction of sp³-hybridized carbons (Fsp3) is 0.429. The van der Waals surface area contributed by atoms with Crippen LogP contribution in [0.15, 0.2) is 60.7 Å². The monoisotopic (exact) mass is 417 g/mol. The highest BCUT2D eigenvalue weighted by Gasteiger charge is 2.40. The number of nitrogens with zero attached hydrogens (tertiary/aromatic N) is 1. The van der Waals surface area contributed by atoms with Gasteiger partial charge in [0, 0.05) is 31.1 Å². The molecule has 3 rings (SSSR count). The van der Waals surface area contributed by atoms with E-state index in [1.807, 2.05) is 0 Å². The van der Waals surface area contributed by atoms with Gasteiger partial charge >= 0.3 is 0 Å². The van der Waals surface area contributed by atoms with Gasteiger partial charge in [-0.1, -0.05) is 97.4 Å². The molecule has 2 aromatic rings. The zero-order valence-corrected chi connectivity index (χ0v) is 18.0. The van der Waals surface area contributed by atoms with Crippen molar-refractivity contribution < 1.29 is 4.43 Å². The zero-order valence-electron chi connectivity index (χ0n) is 15.4. The van der Waals surface area contributed by atoms with Crippen LogP contribution in [0.5, 0.6) is 0 Å². The van der Waals surface area contributed by atoms with Crippen molar-refractivity contribution in [3.8, 4) is 0 Å². The van der Waals surface area contributed by atoms with Crippen LogP contribution in [0, 0.1) is 0 Å². The summed E-state index contributed by atoms with van der Waals surface area (Å²) in [5.74, 6) is 0. The number of likely N-dealkylation sites (tertiary alicyclic amines) is 1. The van der Waals surface area contributed by atoms with E-state index in [1.165, 1.54) is 10.4 Å². The highest BCUT2D eigenvalue weighted by Crippen LogP contribution is 2.38. The smallest absolute Gasteiger partial charge is 0.0512 e. The molecule has 4 heteroatoms. The maximum absolute atomic E-state index is 7.07. The fourth-order valence-corrected chi connectivity index (χ4v) is 9.01. The minimum absolute atomic E-state index is 0.0611. The van der Waals surface area contributed by atoms with E-state index >= 15 is 0 Å². The molecule has 0 unspecified atom stereocenters. The Morgan fingerprint density at radius 3 is 1.84 bits per heavy atom. The molecule has 0 aliphatic carbocycles. The van der Waals surface area contributed by atoms with E-state index in [1.54, 1.807) is 0 Å². The summed E-state index contributed by atoms with van der Waals surface area (Å²) >= 11 is 3.54. The quantitative estimate of drug-likeness (QED) is 0.525. The topological polar surface area (TPSA) is 12.5 Å². The van der Waals surface area contributed by atoms with Crippen LogP contribution in [0.1, 0.15) is 20.8 Å². The predicted molar refractivity (Wildman–Crippen MR) is 113 cm³/mol. The van der Waals surface area contributed by atoms with Crippen molar-refractivity contribution in [2.75, 3.05) is 25.0 Å². The average molecular weight is 418 g/mol. The fourth-order valence-electron chi connectivity index (χ4n) is 3.84. The highest BCUT2D eigenvalue weighted by molar-refractivity contribution is 9.09. The van der Waals surface area contributed by atoms with E-state index in [0.29, 0.717) is 6.10 Å². The number of hydrogen-bond acceptors (Lipinski definition) is 2. The van der Waals surface area contributed by atoms with Crippen LogP contribution in [0.4, 0.5) is 0 Å². The molecule has 0 aromatic heterocycles. The molecule has 0 radical (unpaired) electrons. The van der Waals surface area contributed by atoms with Gasteiger partial charge in [-0.3, -0.25) is 4.90 Å². The van der Waals surface area contributed by atoms with Crippen LogP contribution in [0.3, 0.4) is 0 Å². The van der Waals surface area contributed by atoms with Crippen molar-refractivity contribution in [2.24, 2.45) is 0 Å². The van der Waals surface area contributed by atoms with Crippen LogP contribution >= 0.6 is 15.9 Å². The van der Waals surface area contributed by atoms with Crippen molar-refractivity contribution in [1.82, 2.24) is 4.90 Å². The van der Waals surface area contributed by atoms with Crippen LogP contribution in [-0.2, 0) is 4.43 Å². The summed E-state index contributed by atoms with van der Waals surface area (Å²) in [5, 5.41) is 3.82. The molecule has 0 N–H and O–H groups in total. The van der Waals surface area contributed by atoms with E-state index in [-0.39, 0.29) is 5.04 Å². The number of benzene rings is 2. The summed E-state index contributed by atoms with van der Waals surface area (Å²) in [7, 11) is -2.37. The Balaban J connectivity index is 2.01. The first kappa shape index (κ1) is 18.8. The molecular weight excluding hydrogens is 390 g/mol. The standard InChI is InChI=1S/C21H28BrNOSi/c1-21(2,3)25(19-10-6-4-7-11-19,20-12-8-5-9-13-20)24-18-16-23(17-18)15-14-22/h4-13,18H,14-17H2,1-3H3/q-1.